The molecule has 0 unspecified atom stereocenters. The third-order valence-corrected chi connectivity index (χ3v) is 5.11. The lowest BCUT2D eigenvalue weighted by atomic mass is 10.2. The van der Waals surface area contributed by atoms with Crippen LogP contribution in [0.2, 0.25) is 5.02 Å². The minimum Gasteiger partial charge on any atom is -0.492 e. The molecule has 0 saturated carbocycles. The number of amides is 1. The van der Waals surface area contributed by atoms with Gasteiger partial charge in [0.1, 0.15) is 24.2 Å². The maximum Gasteiger partial charge on any atom is 0.243 e. The topological polar surface area (TPSA) is 75.7 Å². The second kappa shape index (κ2) is 9.05. The van der Waals surface area contributed by atoms with Gasteiger partial charge in [-0.3, -0.25) is 9.10 Å². The van der Waals surface area contributed by atoms with Crippen molar-refractivity contribution in [3.05, 3.63) is 59.4 Å². The molecule has 0 aliphatic rings. The highest BCUT2D eigenvalue weighted by Gasteiger charge is 2.29. The van der Waals surface area contributed by atoms with E-state index in [-0.39, 0.29) is 19.0 Å². The average molecular weight is 415 g/mol. The Balaban J connectivity index is 1.97. The van der Waals surface area contributed by atoms with E-state index in [1.54, 1.807) is 18.2 Å². The van der Waals surface area contributed by atoms with Gasteiger partial charge in [0.2, 0.25) is 15.9 Å². The molecule has 1 amide bonds. The molecule has 6 nitrogen and oxygen atoms in total. The number of anilines is 1. The van der Waals surface area contributed by atoms with E-state index >= 15 is 0 Å². The Labute approximate surface area is 162 Å². The summed E-state index contributed by atoms with van der Waals surface area (Å²) in [7, 11) is -3.71. The Bertz CT molecular complexity index is 890. The molecule has 2 rings (SSSR count). The van der Waals surface area contributed by atoms with Gasteiger partial charge in [-0.2, -0.15) is 0 Å². The van der Waals surface area contributed by atoms with Crippen molar-refractivity contribution in [2.75, 3.05) is 23.7 Å². The van der Waals surface area contributed by atoms with Crippen molar-refractivity contribution in [3.63, 3.8) is 0 Å². The highest BCUT2D eigenvalue weighted by molar-refractivity contribution is 7.92. The Hall–Kier alpha value is -2.32. The molecule has 0 aromatic heterocycles. The van der Waals surface area contributed by atoms with Gasteiger partial charge in [-0.15, -0.1) is 0 Å². The van der Waals surface area contributed by atoms with Gasteiger partial charge in [0.15, 0.2) is 0 Å². The van der Waals surface area contributed by atoms with Crippen LogP contribution in [0.25, 0.3) is 0 Å². The van der Waals surface area contributed by atoms with Crippen molar-refractivity contribution >= 4 is 33.2 Å². The van der Waals surface area contributed by atoms with Crippen LogP contribution in [0.5, 0.6) is 5.75 Å². The van der Waals surface area contributed by atoms with Crippen LogP contribution in [0.4, 0.5) is 10.1 Å². The van der Waals surface area contributed by atoms with Gasteiger partial charge in [0.25, 0.3) is 0 Å². The first-order valence-electron chi connectivity index (χ1n) is 8.09. The van der Waals surface area contributed by atoms with E-state index in [9.17, 15) is 17.6 Å². The standard InChI is InChI=1S/C18H20ClFN2O4S/c1-13(22(27(2,24)25)16-5-3-4-14(19)12-16)18(23)21-10-11-26-17-8-6-15(20)7-9-17/h3-9,12-13H,10-11H2,1-2H3,(H,21,23)/t13-/m1/s1. The first kappa shape index (κ1) is 21.0. The summed E-state index contributed by atoms with van der Waals surface area (Å²) in [5.41, 5.74) is 0.301. The number of carbonyl (C=O) groups is 1. The lowest BCUT2D eigenvalue weighted by molar-refractivity contribution is -0.121. The van der Waals surface area contributed by atoms with Crippen LogP contribution < -0.4 is 14.4 Å². The second-order valence-electron chi connectivity index (χ2n) is 5.81. The van der Waals surface area contributed by atoms with Crippen LogP contribution in [0.15, 0.2) is 48.5 Å². The van der Waals surface area contributed by atoms with E-state index < -0.39 is 22.0 Å². The fraction of sp³-hybridized carbons (Fsp3) is 0.278. The van der Waals surface area contributed by atoms with Crippen LogP contribution in [0, 0.1) is 5.82 Å². The quantitative estimate of drug-likeness (QED) is 0.674. The van der Waals surface area contributed by atoms with E-state index in [0.29, 0.717) is 16.5 Å². The zero-order chi connectivity index (χ0) is 20.0. The third kappa shape index (κ3) is 6.11. The SMILES string of the molecule is C[C@H](C(=O)NCCOc1ccc(F)cc1)N(c1cccc(Cl)c1)S(C)(=O)=O. The van der Waals surface area contributed by atoms with Gasteiger partial charge < -0.3 is 10.1 Å². The van der Waals surface area contributed by atoms with Crippen LogP contribution >= 0.6 is 11.6 Å². The molecule has 2 aromatic rings. The summed E-state index contributed by atoms with van der Waals surface area (Å²) in [6, 6.07) is 10.8. The van der Waals surface area contributed by atoms with E-state index in [1.807, 2.05) is 0 Å². The molecule has 146 valence electrons. The zero-order valence-corrected chi connectivity index (χ0v) is 16.4. The van der Waals surface area contributed by atoms with Gasteiger partial charge in [-0.05, 0) is 49.4 Å². The first-order valence-corrected chi connectivity index (χ1v) is 10.3. The number of nitrogens with zero attached hydrogens (tertiary/aromatic N) is 1. The number of nitrogens with one attached hydrogen (secondary N) is 1. The number of sulfonamides is 1. The maximum atomic E-state index is 12.8. The fourth-order valence-electron chi connectivity index (χ4n) is 2.44. The number of ether oxygens (including phenoxy) is 1. The molecular weight excluding hydrogens is 395 g/mol. The lowest BCUT2D eigenvalue weighted by Crippen LogP contribution is -2.48. The molecule has 0 aliphatic heterocycles. The molecule has 9 heteroatoms. The summed E-state index contributed by atoms with van der Waals surface area (Å²) in [5, 5.41) is 2.99. The van der Waals surface area contributed by atoms with Gasteiger partial charge in [0.05, 0.1) is 18.5 Å². The van der Waals surface area contributed by atoms with Gasteiger partial charge in [-0.25, -0.2) is 12.8 Å². The summed E-state index contributed by atoms with van der Waals surface area (Å²) >= 11 is 5.93. The predicted octanol–water partition coefficient (Wildman–Crippen LogP) is 2.83. The molecule has 0 fully saturated rings. The van der Waals surface area contributed by atoms with Crippen LogP contribution in [-0.4, -0.2) is 39.8 Å². The average Bonchev–Trinajstić information content (AvgIpc) is 2.59. The molecule has 27 heavy (non-hydrogen) atoms. The van der Waals surface area contributed by atoms with Crippen molar-refractivity contribution < 1.29 is 22.3 Å². The number of hydrogen-bond acceptors (Lipinski definition) is 4. The largest absolute Gasteiger partial charge is 0.492 e. The third-order valence-electron chi connectivity index (χ3n) is 3.63. The highest BCUT2D eigenvalue weighted by atomic mass is 35.5. The summed E-state index contributed by atoms with van der Waals surface area (Å²) in [4.78, 5) is 12.4. The molecule has 0 aliphatic carbocycles. The summed E-state index contributed by atoms with van der Waals surface area (Å²) in [6.07, 6.45) is 1.02. The molecule has 1 atom stereocenters. The molecule has 0 saturated heterocycles. The lowest BCUT2D eigenvalue weighted by Gasteiger charge is -2.28. The van der Waals surface area contributed by atoms with Crippen LogP contribution in [-0.2, 0) is 14.8 Å². The molecular formula is C18H20ClFN2O4S. The Morgan fingerprint density at radius 1 is 1.26 bits per heavy atom. The van der Waals surface area contributed by atoms with Crippen molar-refractivity contribution in [3.8, 4) is 5.75 Å². The van der Waals surface area contributed by atoms with E-state index in [1.165, 1.54) is 37.3 Å². The predicted molar refractivity (Wildman–Crippen MR) is 103 cm³/mol. The monoisotopic (exact) mass is 414 g/mol. The Morgan fingerprint density at radius 2 is 1.93 bits per heavy atom. The minimum atomic E-state index is -3.71. The van der Waals surface area contributed by atoms with Crippen molar-refractivity contribution in [1.29, 1.82) is 0 Å². The molecule has 1 N–H and O–H groups in total. The fourth-order valence-corrected chi connectivity index (χ4v) is 3.79. The van der Waals surface area contributed by atoms with Crippen LogP contribution in [0.1, 0.15) is 6.92 Å². The van der Waals surface area contributed by atoms with E-state index in [0.717, 1.165) is 10.6 Å². The summed E-state index contributed by atoms with van der Waals surface area (Å²) in [5.74, 6) is -0.384. The Kier molecular flexibility index (Phi) is 7.04. The summed E-state index contributed by atoms with van der Waals surface area (Å²) < 4.78 is 43.6. The maximum absolute atomic E-state index is 12.8. The number of hydrogen-bond donors (Lipinski definition) is 1. The van der Waals surface area contributed by atoms with Gasteiger partial charge in [0, 0.05) is 5.02 Å². The number of rotatable bonds is 8. The number of benzene rings is 2. The minimum absolute atomic E-state index is 0.153. The number of halogens is 2. The van der Waals surface area contributed by atoms with Crippen molar-refractivity contribution in [1.82, 2.24) is 5.32 Å². The Morgan fingerprint density at radius 3 is 2.52 bits per heavy atom. The smallest absolute Gasteiger partial charge is 0.243 e. The van der Waals surface area contributed by atoms with Crippen molar-refractivity contribution in [2.45, 2.75) is 13.0 Å². The summed E-state index contributed by atoms with van der Waals surface area (Å²) in [6.45, 7) is 1.80. The van der Waals surface area contributed by atoms with E-state index in [2.05, 4.69) is 5.32 Å². The molecule has 0 heterocycles. The van der Waals surface area contributed by atoms with Gasteiger partial charge in [-0.1, -0.05) is 17.7 Å². The van der Waals surface area contributed by atoms with Crippen molar-refractivity contribution in [2.24, 2.45) is 0 Å². The van der Waals surface area contributed by atoms with Crippen LogP contribution in [0.3, 0.4) is 0 Å². The molecule has 0 bridgehead atoms. The first-order chi connectivity index (χ1) is 12.7. The number of carbonyl (C=O) groups excluding carboxylic acids is 1. The van der Waals surface area contributed by atoms with Gasteiger partial charge >= 0.3 is 0 Å². The molecule has 2 aromatic carbocycles. The molecule has 0 spiro atoms. The molecule has 0 radical (unpaired) electrons. The zero-order valence-electron chi connectivity index (χ0n) is 14.9. The van der Waals surface area contributed by atoms with E-state index in [4.69, 9.17) is 16.3 Å². The highest BCUT2D eigenvalue weighted by Crippen LogP contribution is 2.24. The second-order valence-corrected chi connectivity index (χ2v) is 8.10. The normalized spacial score (nSPS) is 12.3.